The molecule has 1 atom stereocenters. The maximum Gasteiger partial charge on any atom is 0.103 e. The lowest BCUT2D eigenvalue weighted by Crippen LogP contribution is -2.23. The smallest absolute Gasteiger partial charge is 0.103 e. The summed E-state index contributed by atoms with van der Waals surface area (Å²) in [6.45, 7) is 4.37. The molecule has 0 amide bonds. The molecule has 2 nitrogen and oxygen atoms in total. The minimum absolute atomic E-state index is 0.516. The molecule has 3 heteroatoms. The maximum absolute atomic E-state index is 5.20. The third-order valence-corrected chi connectivity index (χ3v) is 4.36. The molecule has 1 aliphatic rings. The number of pyridine rings is 1. The fourth-order valence-electron chi connectivity index (χ4n) is 3.13. The summed E-state index contributed by atoms with van der Waals surface area (Å²) in [4.78, 5) is 5.77. The monoisotopic (exact) mass is 284 g/mol. The largest absolute Gasteiger partial charge is 0.353 e. The van der Waals surface area contributed by atoms with E-state index in [0.717, 1.165) is 11.2 Å². The molecule has 0 aliphatic carbocycles. The molecule has 2 heterocycles. The van der Waals surface area contributed by atoms with Gasteiger partial charge in [-0.1, -0.05) is 42.5 Å². The molecule has 0 saturated carbocycles. The van der Waals surface area contributed by atoms with Gasteiger partial charge in [-0.15, -0.1) is 0 Å². The van der Waals surface area contributed by atoms with E-state index in [0.29, 0.717) is 6.04 Å². The Morgan fingerprint density at radius 2 is 2.10 bits per heavy atom. The second kappa shape index (κ2) is 5.90. The second-order valence-corrected chi connectivity index (χ2v) is 5.99. The van der Waals surface area contributed by atoms with E-state index in [2.05, 4.69) is 59.4 Å². The van der Waals surface area contributed by atoms with Gasteiger partial charge in [0.25, 0.3) is 0 Å². The Hall–Kier alpha value is -1.45. The molecule has 104 valence electrons. The van der Waals surface area contributed by atoms with Crippen LogP contribution in [0.3, 0.4) is 0 Å². The summed E-state index contributed by atoms with van der Waals surface area (Å²) < 4.78 is 0.818. The number of H-pyrrole nitrogens is 1. The lowest BCUT2D eigenvalue weighted by Gasteiger charge is -2.26. The van der Waals surface area contributed by atoms with E-state index < -0.39 is 0 Å². The molecule has 1 N–H and O–H groups in total. The lowest BCUT2D eigenvalue weighted by molar-refractivity contribution is 0.247. The zero-order valence-electron chi connectivity index (χ0n) is 11.8. The van der Waals surface area contributed by atoms with Crippen LogP contribution in [0.25, 0.3) is 0 Å². The van der Waals surface area contributed by atoms with Gasteiger partial charge in [0.2, 0.25) is 0 Å². The molecule has 0 radical (unpaired) electrons. The van der Waals surface area contributed by atoms with Crippen molar-refractivity contribution in [3.63, 3.8) is 0 Å². The lowest BCUT2D eigenvalue weighted by atomic mass is 10.0. The molecule has 0 unspecified atom stereocenters. The molecule has 1 aromatic carbocycles. The van der Waals surface area contributed by atoms with Crippen LogP contribution < -0.4 is 0 Å². The van der Waals surface area contributed by atoms with E-state index >= 15 is 0 Å². The van der Waals surface area contributed by atoms with Crippen molar-refractivity contribution in [3.05, 3.63) is 63.9 Å². The zero-order valence-corrected chi connectivity index (χ0v) is 12.6. The molecular formula is C17H20N2S. The van der Waals surface area contributed by atoms with Crippen LogP contribution in [0.2, 0.25) is 0 Å². The quantitative estimate of drug-likeness (QED) is 0.843. The van der Waals surface area contributed by atoms with E-state index in [1.807, 2.05) is 0 Å². The highest BCUT2D eigenvalue weighted by molar-refractivity contribution is 7.71. The number of benzene rings is 1. The number of aryl methyl sites for hydroxylation is 1. The Morgan fingerprint density at radius 1 is 1.30 bits per heavy atom. The van der Waals surface area contributed by atoms with Gasteiger partial charge in [-0.3, -0.25) is 4.90 Å². The van der Waals surface area contributed by atoms with Crippen LogP contribution in [-0.4, -0.2) is 16.4 Å². The van der Waals surface area contributed by atoms with Gasteiger partial charge in [-0.25, -0.2) is 0 Å². The second-order valence-electron chi connectivity index (χ2n) is 5.55. The number of hydrogen-bond donors (Lipinski definition) is 1. The van der Waals surface area contributed by atoms with Gasteiger partial charge < -0.3 is 4.98 Å². The highest BCUT2D eigenvalue weighted by atomic mass is 32.1. The van der Waals surface area contributed by atoms with Gasteiger partial charge in [-0.05, 0) is 49.1 Å². The number of aromatic amines is 1. The Morgan fingerprint density at radius 3 is 2.85 bits per heavy atom. The molecule has 0 spiro atoms. The number of nitrogens with zero attached hydrogens (tertiary/aromatic N) is 1. The van der Waals surface area contributed by atoms with Crippen molar-refractivity contribution >= 4 is 12.2 Å². The first-order valence-electron chi connectivity index (χ1n) is 7.21. The van der Waals surface area contributed by atoms with Gasteiger partial charge in [0.05, 0.1) is 0 Å². The van der Waals surface area contributed by atoms with Gasteiger partial charge in [0, 0.05) is 18.8 Å². The van der Waals surface area contributed by atoms with E-state index in [1.54, 1.807) is 0 Å². The zero-order chi connectivity index (χ0) is 13.9. The van der Waals surface area contributed by atoms with Crippen LogP contribution >= 0.6 is 12.2 Å². The van der Waals surface area contributed by atoms with E-state index in [4.69, 9.17) is 12.2 Å². The standard InChI is InChI=1S/C17H20N2S/c1-13-10-17(20)18-11-15(13)16-8-5-9-19(16)12-14-6-3-2-4-7-14/h2-4,6-7,10-11,16H,5,8-9,12H2,1H3,(H,18,20)/t16-/m0/s1. The predicted octanol–water partition coefficient (Wildman–Crippen LogP) is 4.39. The summed E-state index contributed by atoms with van der Waals surface area (Å²) >= 11 is 5.20. The van der Waals surface area contributed by atoms with Crippen molar-refractivity contribution in [2.75, 3.05) is 6.54 Å². The maximum atomic E-state index is 5.20. The van der Waals surface area contributed by atoms with E-state index in [1.165, 1.54) is 36.1 Å². The van der Waals surface area contributed by atoms with Crippen LogP contribution in [0.15, 0.2) is 42.6 Å². The minimum atomic E-state index is 0.516. The van der Waals surface area contributed by atoms with E-state index in [-0.39, 0.29) is 0 Å². The SMILES string of the molecule is Cc1cc(=S)[nH]cc1[C@@H]1CCCN1Cc1ccccc1. The van der Waals surface area contributed by atoms with E-state index in [9.17, 15) is 0 Å². The first-order valence-corrected chi connectivity index (χ1v) is 7.62. The third-order valence-electron chi connectivity index (χ3n) is 4.12. The summed E-state index contributed by atoms with van der Waals surface area (Å²) in [5.74, 6) is 0. The summed E-state index contributed by atoms with van der Waals surface area (Å²) in [7, 11) is 0. The molecule has 2 aromatic rings. The van der Waals surface area contributed by atoms with Gasteiger partial charge in [-0.2, -0.15) is 0 Å². The van der Waals surface area contributed by atoms with Gasteiger partial charge in [0.1, 0.15) is 4.64 Å². The summed E-state index contributed by atoms with van der Waals surface area (Å²) in [6.07, 6.45) is 4.61. The number of rotatable bonds is 3. The van der Waals surface area contributed by atoms with Crippen molar-refractivity contribution in [3.8, 4) is 0 Å². The summed E-state index contributed by atoms with van der Waals surface area (Å²) in [6, 6.07) is 13.3. The number of hydrogen-bond acceptors (Lipinski definition) is 2. The molecule has 20 heavy (non-hydrogen) atoms. The molecule has 3 rings (SSSR count). The number of nitrogens with one attached hydrogen (secondary N) is 1. The molecule has 1 fully saturated rings. The fraction of sp³-hybridized carbons (Fsp3) is 0.353. The van der Waals surface area contributed by atoms with Crippen LogP contribution in [0.4, 0.5) is 0 Å². The van der Waals surface area contributed by atoms with Crippen LogP contribution in [0.5, 0.6) is 0 Å². The molecular weight excluding hydrogens is 264 g/mol. The molecule has 1 aliphatic heterocycles. The van der Waals surface area contributed by atoms with Crippen molar-refractivity contribution in [1.82, 2.24) is 9.88 Å². The number of likely N-dealkylation sites (tertiary alicyclic amines) is 1. The Bertz CT molecular complexity index is 633. The average Bonchev–Trinajstić information content (AvgIpc) is 2.88. The number of aromatic nitrogens is 1. The first-order chi connectivity index (χ1) is 9.74. The van der Waals surface area contributed by atoms with Gasteiger partial charge in [0.15, 0.2) is 0 Å². The molecule has 1 saturated heterocycles. The average molecular weight is 284 g/mol. The minimum Gasteiger partial charge on any atom is -0.353 e. The summed E-state index contributed by atoms with van der Waals surface area (Å²) in [5, 5.41) is 0. The first kappa shape index (κ1) is 13.5. The normalized spacial score (nSPS) is 19.4. The topological polar surface area (TPSA) is 19.0 Å². The van der Waals surface area contributed by atoms with Gasteiger partial charge >= 0.3 is 0 Å². The van der Waals surface area contributed by atoms with Crippen LogP contribution in [0.1, 0.15) is 35.6 Å². The molecule has 1 aromatic heterocycles. The summed E-state index contributed by atoms with van der Waals surface area (Å²) in [5.41, 5.74) is 4.09. The van der Waals surface area contributed by atoms with Crippen LogP contribution in [0, 0.1) is 11.6 Å². The molecule has 0 bridgehead atoms. The predicted molar refractivity (Wildman–Crippen MR) is 85.2 cm³/mol. The van der Waals surface area contributed by atoms with Crippen molar-refractivity contribution < 1.29 is 0 Å². The van der Waals surface area contributed by atoms with Crippen molar-refractivity contribution in [1.29, 1.82) is 0 Å². The Labute approximate surface area is 125 Å². The third kappa shape index (κ3) is 2.84. The Kier molecular flexibility index (Phi) is 3.99. The highest BCUT2D eigenvalue weighted by Crippen LogP contribution is 2.34. The van der Waals surface area contributed by atoms with Crippen molar-refractivity contribution in [2.45, 2.75) is 32.4 Å². The Balaban J connectivity index is 1.83. The van der Waals surface area contributed by atoms with Crippen LogP contribution in [-0.2, 0) is 6.54 Å². The van der Waals surface area contributed by atoms with Crippen molar-refractivity contribution in [2.24, 2.45) is 0 Å². The highest BCUT2D eigenvalue weighted by Gasteiger charge is 2.26. The fourth-order valence-corrected chi connectivity index (χ4v) is 3.36.